The van der Waals surface area contributed by atoms with E-state index in [4.69, 9.17) is 15.2 Å². The van der Waals surface area contributed by atoms with E-state index in [1.165, 1.54) is 6.08 Å². The van der Waals surface area contributed by atoms with Gasteiger partial charge in [-0.15, -0.1) is 6.58 Å². The molecular formula is C48H56N6O9. The number of hydrogen-bond donors (Lipinski definition) is 6. The molecule has 63 heavy (non-hydrogen) atoms. The first-order chi connectivity index (χ1) is 30.3. The highest BCUT2D eigenvalue weighted by atomic mass is 16.5. The molecule has 332 valence electrons. The van der Waals surface area contributed by atoms with Gasteiger partial charge < -0.3 is 41.8 Å². The predicted octanol–water partition coefficient (Wildman–Crippen LogP) is 2.79. The summed E-state index contributed by atoms with van der Waals surface area (Å²) in [6.45, 7) is 10.0. The number of fused-ring (bicyclic) bond motifs is 1. The summed E-state index contributed by atoms with van der Waals surface area (Å²) in [5.74, 6) is -5.35. The fraction of sp³-hybridized carbons (Fsp3) is 0.312. The molecule has 4 aromatic carbocycles. The van der Waals surface area contributed by atoms with Crippen LogP contribution in [0.25, 0.3) is 10.8 Å². The maximum atomic E-state index is 14.0. The molecule has 0 fully saturated rings. The normalized spacial score (nSPS) is 12.7. The molecule has 4 rings (SSSR count). The fourth-order valence-electron chi connectivity index (χ4n) is 6.52. The lowest BCUT2D eigenvalue weighted by Crippen LogP contribution is -2.58. The molecular weight excluding hydrogens is 805 g/mol. The Morgan fingerprint density at radius 1 is 0.635 bits per heavy atom. The van der Waals surface area contributed by atoms with Crippen molar-refractivity contribution < 1.29 is 43.0 Å². The SMILES string of the molecule is C=CCOCC(NC(=O)C(CC(C)C)NC(=O)C(Cc1ccc(OCC=C)cc1)NC(=O)Cc1ccccc1)C(=O)C(=O)NCC(=O)NC(Cc1ccc2ccccc2c1)C(N)=O. The summed E-state index contributed by atoms with van der Waals surface area (Å²) in [5, 5.41) is 14.8. The van der Waals surface area contributed by atoms with Crippen LogP contribution in [0.3, 0.4) is 0 Å². The van der Waals surface area contributed by atoms with Crippen LogP contribution in [0.15, 0.2) is 122 Å². The average molecular weight is 861 g/mol. The average Bonchev–Trinajstić information content (AvgIpc) is 3.26. The van der Waals surface area contributed by atoms with Crippen LogP contribution in [0, 0.1) is 5.92 Å². The van der Waals surface area contributed by atoms with Crippen molar-refractivity contribution in [3.8, 4) is 5.75 Å². The second kappa shape index (κ2) is 25.0. The van der Waals surface area contributed by atoms with Gasteiger partial charge in [0, 0.05) is 12.8 Å². The van der Waals surface area contributed by atoms with E-state index in [-0.39, 0.29) is 38.2 Å². The number of hydrogen-bond acceptors (Lipinski definition) is 9. The van der Waals surface area contributed by atoms with Crippen molar-refractivity contribution in [1.29, 1.82) is 0 Å². The van der Waals surface area contributed by atoms with Gasteiger partial charge in [0.05, 0.1) is 26.2 Å². The Balaban J connectivity index is 1.44. The highest BCUT2D eigenvalue weighted by molar-refractivity contribution is 6.38. The molecule has 0 aliphatic heterocycles. The van der Waals surface area contributed by atoms with Crippen molar-refractivity contribution >= 4 is 52.0 Å². The highest BCUT2D eigenvalue weighted by Crippen LogP contribution is 2.17. The van der Waals surface area contributed by atoms with Gasteiger partial charge in [-0.05, 0) is 51.9 Å². The van der Waals surface area contributed by atoms with Crippen molar-refractivity contribution in [1.82, 2.24) is 26.6 Å². The predicted molar refractivity (Wildman–Crippen MR) is 239 cm³/mol. The Labute approximate surface area is 367 Å². The number of rotatable bonds is 26. The van der Waals surface area contributed by atoms with Gasteiger partial charge in [0.15, 0.2) is 0 Å². The molecule has 0 saturated heterocycles. The lowest BCUT2D eigenvalue weighted by molar-refractivity contribution is -0.142. The third-order valence-electron chi connectivity index (χ3n) is 9.65. The van der Waals surface area contributed by atoms with Gasteiger partial charge in [-0.3, -0.25) is 33.6 Å². The smallest absolute Gasteiger partial charge is 0.290 e. The standard InChI is InChI=1S/C48H56N6O9/c1-5-22-62-30-41(44(57)48(61)50-29-43(56)51-38(45(49)58)27-34-16-19-35-14-10-11-15-36(35)25-34)54-46(59)39(24-31(3)4)53-47(60)40(52-42(55)28-32-12-8-7-9-13-32)26-33-17-20-37(21-18-33)63-23-6-2/h5-21,25,31,38-41H,1-2,22-24,26-30H2,3-4H3,(H2,49,58)(H,50,61)(H,51,56)(H,52,55)(H,53,60)(H,54,59). The molecule has 0 heterocycles. The number of ether oxygens (including phenoxy) is 2. The molecule has 6 amide bonds. The summed E-state index contributed by atoms with van der Waals surface area (Å²) < 4.78 is 11.0. The molecule has 15 nitrogen and oxygen atoms in total. The number of nitrogens with one attached hydrogen (secondary N) is 5. The van der Waals surface area contributed by atoms with Crippen molar-refractivity contribution in [3.05, 3.63) is 139 Å². The molecule has 4 unspecified atom stereocenters. The van der Waals surface area contributed by atoms with Crippen LogP contribution in [0.2, 0.25) is 0 Å². The number of benzene rings is 4. The van der Waals surface area contributed by atoms with E-state index in [2.05, 4.69) is 39.7 Å². The minimum atomic E-state index is -1.54. The monoisotopic (exact) mass is 860 g/mol. The van der Waals surface area contributed by atoms with Crippen LogP contribution >= 0.6 is 0 Å². The number of nitrogens with two attached hydrogens (primary N) is 1. The molecule has 15 heteroatoms. The van der Waals surface area contributed by atoms with E-state index >= 15 is 0 Å². The van der Waals surface area contributed by atoms with Gasteiger partial charge in [-0.1, -0.05) is 118 Å². The lowest BCUT2D eigenvalue weighted by Gasteiger charge is -2.26. The van der Waals surface area contributed by atoms with E-state index < -0.39 is 78.5 Å². The van der Waals surface area contributed by atoms with Crippen molar-refractivity contribution in [2.24, 2.45) is 11.7 Å². The summed E-state index contributed by atoms with van der Waals surface area (Å²) in [6.07, 6.45) is 3.31. The number of carbonyl (C=O) groups is 7. The highest BCUT2D eigenvalue weighted by Gasteiger charge is 2.33. The first-order valence-corrected chi connectivity index (χ1v) is 20.6. The molecule has 7 N–H and O–H groups in total. The summed E-state index contributed by atoms with van der Waals surface area (Å²) in [4.78, 5) is 93.0. The van der Waals surface area contributed by atoms with Gasteiger partial charge in [0.25, 0.3) is 5.91 Å². The van der Waals surface area contributed by atoms with E-state index in [0.717, 1.165) is 21.9 Å². The zero-order chi connectivity index (χ0) is 45.7. The van der Waals surface area contributed by atoms with Crippen molar-refractivity contribution in [2.45, 2.75) is 63.7 Å². The molecule has 0 spiro atoms. The summed E-state index contributed by atoms with van der Waals surface area (Å²) in [6, 6.07) is 24.2. The third-order valence-corrected chi connectivity index (χ3v) is 9.65. The van der Waals surface area contributed by atoms with Crippen LogP contribution in [0.1, 0.15) is 37.0 Å². The molecule has 0 aliphatic rings. The minimum Gasteiger partial charge on any atom is -0.490 e. The van der Waals surface area contributed by atoms with E-state index in [1.807, 2.05) is 62.4 Å². The van der Waals surface area contributed by atoms with E-state index in [1.54, 1.807) is 54.6 Å². The molecule has 0 saturated carbocycles. The first-order valence-electron chi connectivity index (χ1n) is 20.6. The van der Waals surface area contributed by atoms with Crippen LogP contribution in [0.4, 0.5) is 0 Å². The fourth-order valence-corrected chi connectivity index (χ4v) is 6.52. The van der Waals surface area contributed by atoms with E-state index in [0.29, 0.717) is 17.9 Å². The molecule has 0 aromatic heterocycles. The molecule has 0 bridgehead atoms. The second-order valence-corrected chi connectivity index (χ2v) is 15.3. The van der Waals surface area contributed by atoms with Crippen molar-refractivity contribution in [3.63, 3.8) is 0 Å². The second-order valence-electron chi connectivity index (χ2n) is 15.3. The van der Waals surface area contributed by atoms with E-state index in [9.17, 15) is 33.6 Å². The number of primary amides is 1. The number of ketones is 1. The summed E-state index contributed by atoms with van der Waals surface area (Å²) in [5.41, 5.74) is 7.77. The molecule has 4 atom stereocenters. The Morgan fingerprint density at radius 3 is 1.90 bits per heavy atom. The maximum absolute atomic E-state index is 14.0. The Morgan fingerprint density at radius 2 is 1.24 bits per heavy atom. The van der Waals surface area contributed by atoms with Gasteiger partial charge >= 0.3 is 0 Å². The van der Waals surface area contributed by atoms with Gasteiger partial charge in [0.1, 0.15) is 36.5 Å². The van der Waals surface area contributed by atoms with Gasteiger partial charge in [-0.2, -0.15) is 0 Å². The number of Topliss-reactive ketones (excluding diaryl/α,β-unsaturated/α-hetero) is 1. The van der Waals surface area contributed by atoms with Crippen LogP contribution < -0.4 is 37.1 Å². The molecule has 0 radical (unpaired) electrons. The number of amides is 6. The Kier molecular flexibility index (Phi) is 19.2. The number of carbonyl (C=O) groups excluding carboxylic acids is 7. The largest absolute Gasteiger partial charge is 0.490 e. The Bertz CT molecular complexity index is 2230. The Hall–Kier alpha value is -7.13. The molecule has 4 aromatic rings. The lowest BCUT2D eigenvalue weighted by atomic mass is 10.00. The zero-order valence-corrected chi connectivity index (χ0v) is 35.6. The van der Waals surface area contributed by atoms with Gasteiger partial charge in [-0.25, -0.2) is 0 Å². The summed E-state index contributed by atoms with van der Waals surface area (Å²) in [7, 11) is 0. The topological polar surface area (TPSA) is 224 Å². The van der Waals surface area contributed by atoms with Crippen LogP contribution in [0.5, 0.6) is 5.75 Å². The molecule has 0 aliphatic carbocycles. The third kappa shape index (κ3) is 16.3. The zero-order valence-electron chi connectivity index (χ0n) is 35.6. The van der Waals surface area contributed by atoms with Crippen LogP contribution in [-0.4, -0.2) is 91.8 Å². The minimum absolute atomic E-state index is 0.00410. The first kappa shape index (κ1) is 48.5. The maximum Gasteiger partial charge on any atom is 0.290 e. The summed E-state index contributed by atoms with van der Waals surface area (Å²) >= 11 is 0. The van der Waals surface area contributed by atoms with Crippen molar-refractivity contribution in [2.75, 3.05) is 26.4 Å². The van der Waals surface area contributed by atoms with Crippen LogP contribution in [-0.2, 0) is 57.6 Å². The van der Waals surface area contributed by atoms with Gasteiger partial charge in [0.2, 0.25) is 35.3 Å². The quantitative estimate of drug-likeness (QED) is 0.0310.